The minimum atomic E-state index is -0.411. The second kappa shape index (κ2) is 6.60. The smallest absolute Gasteiger partial charge is 0.225 e. The minimum Gasteiger partial charge on any atom is -0.347 e. The van der Waals surface area contributed by atoms with Gasteiger partial charge in [-0.25, -0.2) is 4.99 Å². The van der Waals surface area contributed by atoms with E-state index in [2.05, 4.69) is 26.3 Å². The number of allylic oxidation sites excluding steroid dienone is 1. The lowest BCUT2D eigenvalue weighted by Crippen LogP contribution is -2.28. The molecule has 1 atom stereocenters. The molecule has 0 radical (unpaired) electrons. The Bertz CT molecular complexity index is 905. The van der Waals surface area contributed by atoms with Gasteiger partial charge < -0.3 is 10.1 Å². The first-order valence-electron chi connectivity index (χ1n) is 7.75. The van der Waals surface area contributed by atoms with E-state index in [0.29, 0.717) is 6.61 Å². The highest BCUT2D eigenvalue weighted by atomic mass is 16.5. The van der Waals surface area contributed by atoms with E-state index in [1.165, 1.54) is 0 Å². The number of pyridine rings is 2. The molecule has 1 aliphatic heterocycles. The van der Waals surface area contributed by atoms with Crippen molar-refractivity contribution in [3.05, 3.63) is 78.4 Å². The topological polar surface area (TPSA) is 59.4 Å². The quantitative estimate of drug-likeness (QED) is 0.803. The zero-order chi connectivity index (χ0) is 16.2. The Morgan fingerprint density at radius 3 is 2.75 bits per heavy atom. The van der Waals surface area contributed by atoms with Crippen molar-refractivity contribution in [1.29, 1.82) is 0 Å². The van der Waals surface area contributed by atoms with Gasteiger partial charge in [-0.1, -0.05) is 30.3 Å². The van der Waals surface area contributed by atoms with Crippen LogP contribution >= 0.6 is 0 Å². The van der Waals surface area contributed by atoms with Crippen LogP contribution in [0.2, 0.25) is 0 Å². The van der Waals surface area contributed by atoms with Gasteiger partial charge in [0.2, 0.25) is 6.35 Å². The monoisotopic (exact) mass is 316 g/mol. The highest BCUT2D eigenvalue weighted by Crippen LogP contribution is 2.14. The van der Waals surface area contributed by atoms with Crippen molar-refractivity contribution >= 4 is 22.7 Å². The Balaban J connectivity index is 1.39. The van der Waals surface area contributed by atoms with E-state index in [1.54, 1.807) is 12.4 Å². The number of ether oxygens (including phenoxy) is 1. The molecule has 1 aromatic carbocycles. The lowest BCUT2D eigenvalue weighted by Gasteiger charge is -2.18. The summed E-state index contributed by atoms with van der Waals surface area (Å²) >= 11 is 0. The van der Waals surface area contributed by atoms with Gasteiger partial charge in [-0.3, -0.25) is 9.97 Å². The molecule has 3 aromatic rings. The van der Waals surface area contributed by atoms with Crippen LogP contribution in [0.5, 0.6) is 0 Å². The van der Waals surface area contributed by atoms with Gasteiger partial charge in [0.15, 0.2) is 0 Å². The Kier molecular flexibility index (Phi) is 4.00. The summed E-state index contributed by atoms with van der Waals surface area (Å²) in [7, 11) is 0. The molecule has 1 N–H and O–H groups in total. The third-order valence-electron chi connectivity index (χ3n) is 3.74. The standard InChI is InChI=1S/C19H16N4O/c1-2-7-18-14(5-1)8-9-16(23-18)13-24-19-21-11-15(12-22-19)17-6-3-4-10-20-17/h1-12,19,21H,13H2. The molecule has 0 aliphatic carbocycles. The van der Waals surface area contributed by atoms with Crippen LogP contribution in [0.25, 0.3) is 16.5 Å². The molecule has 24 heavy (non-hydrogen) atoms. The second-order valence-corrected chi connectivity index (χ2v) is 5.42. The molecule has 1 unspecified atom stereocenters. The molecule has 0 saturated heterocycles. The van der Waals surface area contributed by atoms with Gasteiger partial charge in [0.25, 0.3) is 0 Å². The third kappa shape index (κ3) is 3.16. The fourth-order valence-corrected chi connectivity index (χ4v) is 2.51. The Labute approximate surface area is 139 Å². The lowest BCUT2D eigenvalue weighted by atomic mass is 10.2. The minimum absolute atomic E-state index is 0.395. The molecule has 0 spiro atoms. The number of fused-ring (bicyclic) bond motifs is 1. The zero-order valence-corrected chi connectivity index (χ0v) is 13.0. The predicted octanol–water partition coefficient (Wildman–Crippen LogP) is 3.15. The first-order chi connectivity index (χ1) is 11.9. The molecule has 0 amide bonds. The van der Waals surface area contributed by atoms with Crippen molar-refractivity contribution < 1.29 is 4.74 Å². The lowest BCUT2D eigenvalue weighted by molar-refractivity contribution is 0.0313. The molecule has 3 heterocycles. The molecule has 0 bridgehead atoms. The Hall–Kier alpha value is -3.05. The van der Waals surface area contributed by atoms with E-state index < -0.39 is 6.35 Å². The normalized spacial score (nSPS) is 16.7. The summed E-state index contributed by atoms with van der Waals surface area (Å²) in [6.45, 7) is 0.395. The third-order valence-corrected chi connectivity index (χ3v) is 3.74. The number of hydrogen-bond acceptors (Lipinski definition) is 5. The summed E-state index contributed by atoms with van der Waals surface area (Å²) < 4.78 is 5.77. The van der Waals surface area contributed by atoms with Crippen LogP contribution in [0, 0.1) is 0 Å². The van der Waals surface area contributed by atoms with Crippen molar-refractivity contribution in [2.45, 2.75) is 13.0 Å². The average Bonchev–Trinajstić information content (AvgIpc) is 2.67. The number of hydrogen-bond donors (Lipinski definition) is 1. The SMILES string of the molecule is C1=NC(OCc2ccc3ccccc3n2)NC=C1c1ccccn1. The molecule has 5 heteroatoms. The van der Waals surface area contributed by atoms with Crippen LogP contribution in [-0.2, 0) is 11.3 Å². The molecule has 1 aliphatic rings. The Morgan fingerprint density at radius 1 is 1.00 bits per heavy atom. The number of nitrogens with zero attached hydrogens (tertiary/aromatic N) is 3. The molecular weight excluding hydrogens is 300 g/mol. The van der Waals surface area contributed by atoms with Crippen LogP contribution < -0.4 is 5.32 Å². The molecule has 5 nitrogen and oxygen atoms in total. The highest BCUT2D eigenvalue weighted by molar-refractivity contribution is 6.09. The highest BCUT2D eigenvalue weighted by Gasteiger charge is 2.11. The largest absolute Gasteiger partial charge is 0.347 e. The van der Waals surface area contributed by atoms with Crippen molar-refractivity contribution in [2.75, 3.05) is 0 Å². The predicted molar refractivity (Wildman–Crippen MR) is 94.2 cm³/mol. The summed E-state index contributed by atoms with van der Waals surface area (Å²) in [6.07, 6.45) is 4.99. The Morgan fingerprint density at radius 2 is 1.92 bits per heavy atom. The van der Waals surface area contributed by atoms with Crippen LogP contribution in [0.1, 0.15) is 11.4 Å². The molecule has 0 fully saturated rings. The van der Waals surface area contributed by atoms with Crippen molar-refractivity contribution in [2.24, 2.45) is 4.99 Å². The first-order valence-corrected chi connectivity index (χ1v) is 7.75. The molecule has 4 rings (SSSR count). The van der Waals surface area contributed by atoms with Crippen LogP contribution in [0.15, 0.2) is 72.0 Å². The summed E-state index contributed by atoms with van der Waals surface area (Å²) in [5.74, 6) is 0. The summed E-state index contributed by atoms with van der Waals surface area (Å²) in [5, 5.41) is 4.25. The summed E-state index contributed by atoms with van der Waals surface area (Å²) in [4.78, 5) is 13.3. The van der Waals surface area contributed by atoms with E-state index in [9.17, 15) is 0 Å². The van der Waals surface area contributed by atoms with Gasteiger partial charge in [-0.05, 0) is 24.3 Å². The molecular formula is C19H16N4O. The molecule has 118 valence electrons. The summed E-state index contributed by atoms with van der Waals surface area (Å²) in [5.41, 5.74) is 3.66. The molecule has 0 saturated carbocycles. The van der Waals surface area contributed by atoms with Gasteiger partial charge in [0.05, 0.1) is 23.5 Å². The van der Waals surface area contributed by atoms with Crippen LogP contribution in [0.3, 0.4) is 0 Å². The van der Waals surface area contributed by atoms with Crippen LogP contribution in [-0.4, -0.2) is 22.5 Å². The van der Waals surface area contributed by atoms with E-state index in [-0.39, 0.29) is 0 Å². The second-order valence-electron chi connectivity index (χ2n) is 5.42. The van der Waals surface area contributed by atoms with E-state index in [4.69, 9.17) is 4.74 Å². The van der Waals surface area contributed by atoms with Crippen molar-refractivity contribution in [3.8, 4) is 0 Å². The first kappa shape index (κ1) is 14.5. The fourth-order valence-electron chi connectivity index (χ4n) is 2.51. The maximum Gasteiger partial charge on any atom is 0.225 e. The van der Waals surface area contributed by atoms with Gasteiger partial charge in [0.1, 0.15) is 0 Å². The fraction of sp³-hybridized carbons (Fsp3) is 0.105. The number of aromatic nitrogens is 2. The number of para-hydroxylation sites is 1. The van der Waals surface area contributed by atoms with Crippen molar-refractivity contribution in [1.82, 2.24) is 15.3 Å². The van der Waals surface area contributed by atoms with E-state index >= 15 is 0 Å². The number of nitrogens with one attached hydrogen (secondary N) is 1. The number of rotatable bonds is 4. The number of aliphatic imine (C=N–C) groups is 1. The van der Waals surface area contributed by atoms with Gasteiger partial charge in [-0.2, -0.15) is 0 Å². The van der Waals surface area contributed by atoms with Crippen LogP contribution in [0.4, 0.5) is 0 Å². The zero-order valence-electron chi connectivity index (χ0n) is 13.0. The molecule has 2 aromatic heterocycles. The maximum absolute atomic E-state index is 5.77. The number of benzene rings is 1. The van der Waals surface area contributed by atoms with Gasteiger partial charge in [0, 0.05) is 29.6 Å². The van der Waals surface area contributed by atoms with Gasteiger partial charge in [-0.15, -0.1) is 0 Å². The maximum atomic E-state index is 5.77. The average molecular weight is 316 g/mol. The van der Waals surface area contributed by atoms with Crippen molar-refractivity contribution in [3.63, 3.8) is 0 Å². The summed E-state index contributed by atoms with van der Waals surface area (Å²) in [6, 6.07) is 17.8. The van der Waals surface area contributed by atoms with E-state index in [1.807, 2.05) is 54.7 Å². The van der Waals surface area contributed by atoms with E-state index in [0.717, 1.165) is 27.9 Å². The van der Waals surface area contributed by atoms with Gasteiger partial charge >= 0.3 is 0 Å².